The Morgan fingerprint density at radius 3 is 1.03 bits per heavy atom. The number of benzene rings is 2. The van der Waals surface area contributed by atoms with E-state index in [2.05, 4.69) is 13.8 Å². The Morgan fingerprint density at radius 1 is 0.400 bits per heavy atom. The van der Waals surface area contributed by atoms with Crippen molar-refractivity contribution in [1.82, 2.24) is 0 Å². The van der Waals surface area contributed by atoms with Gasteiger partial charge in [0.1, 0.15) is 0 Å². The van der Waals surface area contributed by atoms with E-state index < -0.39 is 5.97 Å². The smallest absolute Gasteiger partial charge is 0.331 e. The van der Waals surface area contributed by atoms with E-state index in [0.29, 0.717) is 29.7 Å². The second kappa shape index (κ2) is 47.4. The molecule has 0 amide bonds. The van der Waals surface area contributed by atoms with Crippen molar-refractivity contribution in [3.63, 3.8) is 0 Å². The molecule has 0 heterocycles. The summed E-state index contributed by atoms with van der Waals surface area (Å²) in [5, 5.41) is 47.1. The molecule has 0 fully saturated rings. The fourth-order valence-electron chi connectivity index (χ4n) is 9.03. The summed E-state index contributed by atoms with van der Waals surface area (Å²) in [5.74, 6) is -2.12. The standard InChI is InChI=1S/2C31H52O4/c1-2-3-4-5-6-7-8-9-10-11-12-13-14-15-16-17-18-19-20-21-26-35-31(34)25-23-28-22-24-29(32)30(33)27-28;1-2-3-4-5-6-7-8-9-10-11-12-13-14-15-16-17-18-19-20-21-22-28(31(34)35)25-27-23-24-29(32)30(33)26-27/h22-25,27,32-33H,2-21,26H2,1H3;23-26,32-33H,2-22H2,1H3,(H,34,35)/b25-23+;28-25+. The Morgan fingerprint density at radius 2 is 0.700 bits per heavy atom. The van der Waals surface area contributed by atoms with Crippen molar-refractivity contribution >= 4 is 24.1 Å². The monoisotopic (exact) mass is 977 g/mol. The van der Waals surface area contributed by atoms with Crippen LogP contribution in [0.1, 0.15) is 288 Å². The zero-order valence-electron chi connectivity index (χ0n) is 44.9. The number of ether oxygens (including phenoxy) is 1. The molecule has 0 aliphatic carbocycles. The average Bonchev–Trinajstić information content (AvgIpc) is 3.35. The van der Waals surface area contributed by atoms with E-state index in [1.807, 2.05) is 0 Å². The largest absolute Gasteiger partial charge is 0.504 e. The fourth-order valence-corrected chi connectivity index (χ4v) is 9.03. The van der Waals surface area contributed by atoms with Crippen molar-refractivity contribution in [2.24, 2.45) is 0 Å². The lowest BCUT2D eigenvalue weighted by atomic mass is 10.0. The molecule has 70 heavy (non-hydrogen) atoms. The van der Waals surface area contributed by atoms with E-state index in [1.165, 1.54) is 255 Å². The molecule has 0 spiro atoms. The van der Waals surface area contributed by atoms with Gasteiger partial charge >= 0.3 is 11.9 Å². The van der Waals surface area contributed by atoms with Crippen LogP contribution in [0, 0.1) is 0 Å². The number of rotatable bonds is 46. The highest BCUT2D eigenvalue weighted by molar-refractivity contribution is 5.92. The molecule has 0 radical (unpaired) electrons. The Bertz CT molecular complexity index is 1600. The van der Waals surface area contributed by atoms with Crippen LogP contribution in [-0.4, -0.2) is 44.1 Å². The van der Waals surface area contributed by atoms with E-state index in [0.717, 1.165) is 32.1 Å². The highest BCUT2D eigenvalue weighted by Gasteiger charge is 2.09. The van der Waals surface area contributed by atoms with E-state index in [4.69, 9.17) is 4.74 Å². The number of aromatic hydroxyl groups is 4. The highest BCUT2D eigenvalue weighted by Crippen LogP contribution is 2.28. The zero-order chi connectivity index (χ0) is 51.0. The molecule has 0 atom stereocenters. The van der Waals surface area contributed by atoms with Gasteiger partial charge in [0.05, 0.1) is 6.61 Å². The van der Waals surface area contributed by atoms with Crippen molar-refractivity contribution in [1.29, 1.82) is 0 Å². The molecule has 2 aromatic carbocycles. The molecule has 0 saturated carbocycles. The molecule has 8 nitrogen and oxygen atoms in total. The van der Waals surface area contributed by atoms with Gasteiger partial charge < -0.3 is 30.3 Å². The molecule has 0 aliphatic rings. The number of unbranched alkanes of at least 4 members (excludes halogenated alkanes) is 38. The Hall–Kier alpha value is -3.94. The maximum Gasteiger partial charge on any atom is 0.331 e. The summed E-state index contributed by atoms with van der Waals surface area (Å²) in [6.45, 7) is 5.01. The number of aliphatic carboxylic acids is 1. The third kappa shape index (κ3) is 39.7. The Kier molecular flexibility index (Phi) is 43.4. The molecule has 2 rings (SSSR count). The third-order valence-electron chi connectivity index (χ3n) is 13.6. The fraction of sp³-hybridized carbons (Fsp3) is 0.710. The van der Waals surface area contributed by atoms with Gasteiger partial charge in [0.2, 0.25) is 0 Å². The predicted molar refractivity (Wildman–Crippen MR) is 296 cm³/mol. The summed E-state index contributed by atoms with van der Waals surface area (Å²) in [7, 11) is 0. The summed E-state index contributed by atoms with van der Waals surface area (Å²) in [5.41, 5.74) is 1.57. The first kappa shape index (κ1) is 64.1. The van der Waals surface area contributed by atoms with E-state index >= 15 is 0 Å². The first-order valence-corrected chi connectivity index (χ1v) is 29.0. The number of hydrogen-bond donors (Lipinski definition) is 5. The van der Waals surface area contributed by atoms with Gasteiger partial charge in [-0.1, -0.05) is 270 Å². The number of phenolic OH excluding ortho intramolecular Hbond substituents is 4. The Labute approximate surface area is 428 Å². The minimum atomic E-state index is -0.921. The predicted octanol–water partition coefficient (Wildman–Crippen LogP) is 19.3. The third-order valence-corrected chi connectivity index (χ3v) is 13.6. The molecule has 0 aromatic heterocycles. The van der Waals surface area contributed by atoms with Crippen LogP contribution in [-0.2, 0) is 14.3 Å². The molecule has 0 unspecified atom stereocenters. The number of hydrogen-bond acceptors (Lipinski definition) is 7. The second-order valence-electron chi connectivity index (χ2n) is 20.2. The van der Waals surface area contributed by atoms with Crippen molar-refractivity contribution in [2.75, 3.05) is 6.61 Å². The lowest BCUT2D eigenvalue weighted by molar-refractivity contribution is -0.138. The normalized spacial score (nSPS) is 11.5. The second-order valence-corrected chi connectivity index (χ2v) is 20.2. The van der Waals surface area contributed by atoms with Gasteiger partial charge in [0.15, 0.2) is 23.0 Å². The molecule has 0 aliphatic heterocycles. The lowest BCUT2D eigenvalue weighted by Gasteiger charge is -2.05. The van der Waals surface area contributed by atoms with Crippen molar-refractivity contribution < 1.29 is 39.9 Å². The van der Waals surface area contributed by atoms with Gasteiger partial charge in [0.25, 0.3) is 0 Å². The minimum Gasteiger partial charge on any atom is -0.504 e. The van der Waals surface area contributed by atoms with Gasteiger partial charge in [-0.3, -0.25) is 0 Å². The first-order chi connectivity index (χ1) is 34.2. The van der Waals surface area contributed by atoms with E-state index in [9.17, 15) is 35.1 Å². The maximum atomic E-state index is 11.7. The summed E-state index contributed by atoms with van der Waals surface area (Å²) in [6.07, 6.45) is 58.6. The SMILES string of the molecule is CCCCCCCCCCCCCCCCCCCCCC/C(=C\c1ccc(O)c(O)c1)C(=O)O.CCCCCCCCCCCCCCCCCCCCCCOC(=O)/C=C/c1ccc(O)c(O)c1. The van der Waals surface area contributed by atoms with E-state index in [1.54, 1.807) is 24.3 Å². The van der Waals surface area contributed by atoms with Crippen LogP contribution in [0.25, 0.3) is 12.2 Å². The summed E-state index contributed by atoms with van der Waals surface area (Å²) in [4.78, 5) is 23.3. The van der Waals surface area contributed by atoms with Crippen LogP contribution in [0.3, 0.4) is 0 Å². The number of carboxylic acid groups (broad SMARTS) is 1. The number of esters is 1. The van der Waals surface area contributed by atoms with Gasteiger partial charge in [0, 0.05) is 11.6 Å². The molecular weight excluding hydrogens is 873 g/mol. The van der Waals surface area contributed by atoms with Gasteiger partial charge in [-0.05, 0) is 66.8 Å². The summed E-state index contributed by atoms with van der Waals surface area (Å²) < 4.78 is 5.22. The topological polar surface area (TPSA) is 145 Å². The average molecular weight is 978 g/mol. The number of carboxylic acids is 1. The van der Waals surface area contributed by atoms with Crippen LogP contribution in [0.2, 0.25) is 0 Å². The van der Waals surface area contributed by atoms with E-state index in [-0.39, 0.29) is 29.0 Å². The van der Waals surface area contributed by atoms with Gasteiger partial charge in [-0.25, -0.2) is 9.59 Å². The van der Waals surface area contributed by atoms with Crippen molar-refractivity contribution in [3.8, 4) is 23.0 Å². The van der Waals surface area contributed by atoms with Crippen LogP contribution >= 0.6 is 0 Å². The highest BCUT2D eigenvalue weighted by atomic mass is 16.5. The molecular formula is C62H104O8. The molecule has 2 aromatic rings. The number of phenols is 4. The Balaban J connectivity index is 0.000000700. The maximum absolute atomic E-state index is 11.7. The zero-order valence-corrected chi connectivity index (χ0v) is 44.9. The summed E-state index contributed by atoms with van der Waals surface area (Å²) >= 11 is 0. The van der Waals surface area contributed by atoms with Crippen LogP contribution in [0.4, 0.5) is 0 Å². The van der Waals surface area contributed by atoms with Crippen LogP contribution in [0.5, 0.6) is 23.0 Å². The molecule has 0 saturated heterocycles. The number of carbonyl (C=O) groups excluding carboxylic acids is 1. The van der Waals surface area contributed by atoms with Gasteiger partial charge in [-0.15, -0.1) is 0 Å². The molecule has 8 heteroatoms. The van der Waals surface area contributed by atoms with Crippen LogP contribution in [0.15, 0.2) is 48.0 Å². The molecule has 5 N–H and O–H groups in total. The summed E-state index contributed by atoms with van der Waals surface area (Å²) in [6, 6.07) is 8.78. The first-order valence-electron chi connectivity index (χ1n) is 29.0. The van der Waals surface area contributed by atoms with Crippen LogP contribution < -0.4 is 0 Å². The van der Waals surface area contributed by atoms with Crippen molar-refractivity contribution in [2.45, 2.75) is 277 Å². The quantitative estimate of drug-likeness (QED) is 0.0191. The number of carbonyl (C=O) groups is 2. The molecule has 400 valence electrons. The minimum absolute atomic E-state index is 0.177. The van der Waals surface area contributed by atoms with Gasteiger partial charge in [-0.2, -0.15) is 0 Å². The molecule has 0 bridgehead atoms. The lowest BCUT2D eigenvalue weighted by Crippen LogP contribution is -2.02. The van der Waals surface area contributed by atoms with Crippen molar-refractivity contribution in [3.05, 3.63) is 59.2 Å².